The number of aryl methyl sites for hydroxylation is 1. The molecule has 0 spiro atoms. The van der Waals surface area contributed by atoms with Gasteiger partial charge in [0.2, 0.25) is 0 Å². The topological polar surface area (TPSA) is 44.8 Å². The number of carbonyl (C=O) groups is 1. The quantitative estimate of drug-likeness (QED) is 0.559. The van der Waals surface area contributed by atoms with E-state index >= 15 is 0 Å². The highest BCUT2D eigenvalue weighted by Gasteiger charge is 2.19. The van der Waals surface area contributed by atoms with Crippen LogP contribution in [0.3, 0.4) is 0 Å². The van der Waals surface area contributed by atoms with Crippen molar-refractivity contribution in [2.75, 3.05) is 43.5 Å². The molecule has 1 aliphatic heterocycles. The maximum absolute atomic E-state index is 12.7. The molecular formula is C26H28ClN3O2. The number of nitrogens with one attached hydrogen (secondary N) is 1. The molecule has 0 aromatic heterocycles. The Labute approximate surface area is 194 Å². The third-order valence-corrected chi connectivity index (χ3v) is 6.24. The number of methoxy groups -OCH3 is 1. The van der Waals surface area contributed by atoms with Crippen LogP contribution in [0.2, 0.25) is 5.02 Å². The molecule has 4 rings (SSSR count). The van der Waals surface area contributed by atoms with Crippen molar-refractivity contribution >= 4 is 28.9 Å². The fraction of sp³-hybridized carbons (Fsp3) is 0.269. The summed E-state index contributed by atoms with van der Waals surface area (Å²) in [5.74, 6) is 0.433. The smallest absolute Gasteiger partial charge is 0.259 e. The molecule has 5 nitrogen and oxygen atoms in total. The van der Waals surface area contributed by atoms with Crippen LogP contribution in [0.1, 0.15) is 21.5 Å². The lowest BCUT2D eigenvalue weighted by molar-refractivity contribution is 0.102. The maximum Gasteiger partial charge on any atom is 0.259 e. The first-order chi connectivity index (χ1) is 15.5. The van der Waals surface area contributed by atoms with Gasteiger partial charge in [-0.25, -0.2) is 0 Å². The van der Waals surface area contributed by atoms with Gasteiger partial charge in [-0.1, -0.05) is 41.9 Å². The molecule has 6 heteroatoms. The van der Waals surface area contributed by atoms with Crippen molar-refractivity contribution in [3.05, 3.63) is 88.4 Å². The molecule has 0 saturated carbocycles. The summed E-state index contributed by atoms with van der Waals surface area (Å²) >= 11 is 6.31. The van der Waals surface area contributed by atoms with Crippen LogP contribution < -0.4 is 15.0 Å². The predicted molar refractivity (Wildman–Crippen MR) is 131 cm³/mol. The van der Waals surface area contributed by atoms with Crippen molar-refractivity contribution in [1.29, 1.82) is 0 Å². The van der Waals surface area contributed by atoms with E-state index in [1.165, 1.54) is 5.56 Å². The monoisotopic (exact) mass is 449 g/mol. The number of hydrogen-bond acceptors (Lipinski definition) is 4. The van der Waals surface area contributed by atoms with E-state index in [9.17, 15) is 4.79 Å². The summed E-state index contributed by atoms with van der Waals surface area (Å²) < 4.78 is 5.41. The third kappa shape index (κ3) is 5.06. The lowest BCUT2D eigenvalue weighted by atomic mass is 10.1. The lowest BCUT2D eigenvalue weighted by Crippen LogP contribution is -2.46. The summed E-state index contributed by atoms with van der Waals surface area (Å²) in [6.07, 6.45) is 0. The number of benzene rings is 3. The Hall–Kier alpha value is -3.02. The molecular weight excluding hydrogens is 422 g/mol. The predicted octanol–water partition coefficient (Wildman–Crippen LogP) is 5.23. The van der Waals surface area contributed by atoms with Gasteiger partial charge >= 0.3 is 0 Å². The molecule has 0 bridgehead atoms. The van der Waals surface area contributed by atoms with Crippen molar-refractivity contribution in [2.45, 2.75) is 13.5 Å². The molecule has 0 atom stereocenters. The van der Waals surface area contributed by atoms with E-state index < -0.39 is 0 Å². The molecule has 1 amide bonds. The second kappa shape index (κ2) is 10.1. The van der Waals surface area contributed by atoms with E-state index in [0.717, 1.165) is 54.7 Å². The lowest BCUT2D eigenvalue weighted by Gasteiger charge is -2.36. The Balaban J connectivity index is 1.34. The molecule has 0 radical (unpaired) electrons. The second-order valence-corrected chi connectivity index (χ2v) is 8.42. The molecule has 1 fully saturated rings. The molecule has 32 heavy (non-hydrogen) atoms. The summed E-state index contributed by atoms with van der Waals surface area (Å²) in [6.45, 7) is 6.68. The summed E-state index contributed by atoms with van der Waals surface area (Å²) in [7, 11) is 1.59. The zero-order chi connectivity index (χ0) is 22.5. The number of halogens is 1. The summed E-state index contributed by atoms with van der Waals surface area (Å²) in [4.78, 5) is 17.5. The Kier molecular flexibility index (Phi) is 6.98. The minimum atomic E-state index is -0.175. The average molecular weight is 450 g/mol. The number of ether oxygens (including phenoxy) is 1. The Morgan fingerprint density at radius 1 is 0.969 bits per heavy atom. The van der Waals surface area contributed by atoms with Crippen molar-refractivity contribution in [3.8, 4) is 5.75 Å². The van der Waals surface area contributed by atoms with Gasteiger partial charge in [-0.15, -0.1) is 0 Å². The van der Waals surface area contributed by atoms with Gasteiger partial charge in [0.25, 0.3) is 5.91 Å². The number of anilines is 2. The van der Waals surface area contributed by atoms with Gasteiger partial charge in [0.15, 0.2) is 0 Å². The fourth-order valence-corrected chi connectivity index (χ4v) is 4.28. The van der Waals surface area contributed by atoms with Gasteiger partial charge in [0, 0.05) is 49.1 Å². The van der Waals surface area contributed by atoms with Crippen LogP contribution in [0.4, 0.5) is 11.4 Å². The number of carbonyl (C=O) groups excluding carboxylic acids is 1. The summed E-state index contributed by atoms with van der Waals surface area (Å²) in [5.41, 5.74) is 4.57. The van der Waals surface area contributed by atoms with Gasteiger partial charge in [-0.2, -0.15) is 0 Å². The molecule has 0 aliphatic carbocycles. The molecule has 166 valence electrons. The molecule has 1 N–H and O–H groups in total. The molecule has 3 aromatic carbocycles. The largest absolute Gasteiger partial charge is 0.496 e. The standard InChI is InChI=1S/C26H28ClN3O2/c1-19-6-5-8-23(25(19)32-2)26(31)28-21-10-12-22(13-11-21)30-16-14-29(15-17-30)18-20-7-3-4-9-24(20)27/h3-13H,14-18H2,1-2H3,(H,28,31). The molecule has 1 saturated heterocycles. The number of nitrogens with zero attached hydrogens (tertiary/aromatic N) is 2. The van der Waals surface area contributed by atoms with E-state index in [4.69, 9.17) is 16.3 Å². The number of rotatable bonds is 6. The summed E-state index contributed by atoms with van der Waals surface area (Å²) in [6, 6.07) is 21.6. The first-order valence-electron chi connectivity index (χ1n) is 10.8. The fourth-order valence-electron chi connectivity index (χ4n) is 4.09. The van der Waals surface area contributed by atoms with E-state index in [2.05, 4.69) is 33.3 Å². The maximum atomic E-state index is 12.7. The van der Waals surface area contributed by atoms with Gasteiger partial charge < -0.3 is 15.0 Å². The zero-order valence-electron chi connectivity index (χ0n) is 18.5. The number of amides is 1. The van der Waals surface area contributed by atoms with Crippen LogP contribution in [0.25, 0.3) is 0 Å². The van der Waals surface area contributed by atoms with Gasteiger partial charge in [0.05, 0.1) is 12.7 Å². The Morgan fingerprint density at radius 2 is 1.69 bits per heavy atom. The van der Waals surface area contributed by atoms with Crippen molar-refractivity contribution < 1.29 is 9.53 Å². The summed E-state index contributed by atoms with van der Waals surface area (Å²) in [5, 5.41) is 3.80. The van der Waals surface area contributed by atoms with Crippen LogP contribution in [0.5, 0.6) is 5.75 Å². The van der Waals surface area contributed by atoms with Crippen LogP contribution in [0.15, 0.2) is 66.7 Å². The third-order valence-electron chi connectivity index (χ3n) is 5.88. The van der Waals surface area contributed by atoms with Crippen molar-refractivity contribution in [1.82, 2.24) is 4.90 Å². The van der Waals surface area contributed by atoms with E-state index in [-0.39, 0.29) is 5.91 Å². The first kappa shape index (κ1) is 22.2. The second-order valence-electron chi connectivity index (χ2n) is 8.01. The van der Waals surface area contributed by atoms with Gasteiger partial charge in [-0.3, -0.25) is 9.69 Å². The van der Waals surface area contributed by atoms with Crippen LogP contribution in [-0.2, 0) is 6.54 Å². The minimum absolute atomic E-state index is 0.175. The zero-order valence-corrected chi connectivity index (χ0v) is 19.2. The molecule has 3 aromatic rings. The highest BCUT2D eigenvalue weighted by molar-refractivity contribution is 6.31. The van der Waals surface area contributed by atoms with Crippen molar-refractivity contribution in [3.63, 3.8) is 0 Å². The van der Waals surface area contributed by atoms with Crippen LogP contribution in [0, 0.1) is 6.92 Å². The van der Waals surface area contributed by atoms with E-state index in [1.807, 2.05) is 49.4 Å². The number of para-hydroxylation sites is 1. The van der Waals surface area contributed by atoms with E-state index in [0.29, 0.717) is 11.3 Å². The van der Waals surface area contributed by atoms with Gasteiger partial charge in [-0.05, 0) is 54.4 Å². The van der Waals surface area contributed by atoms with Crippen LogP contribution in [-0.4, -0.2) is 44.1 Å². The number of piperazine rings is 1. The molecule has 1 heterocycles. The Bertz CT molecular complexity index is 1080. The normalized spacial score (nSPS) is 14.3. The first-order valence-corrected chi connectivity index (χ1v) is 11.2. The SMILES string of the molecule is COc1c(C)cccc1C(=O)Nc1ccc(N2CCN(Cc3ccccc3Cl)CC2)cc1. The molecule has 0 unspecified atom stereocenters. The van der Waals surface area contributed by atoms with Crippen molar-refractivity contribution in [2.24, 2.45) is 0 Å². The minimum Gasteiger partial charge on any atom is -0.496 e. The highest BCUT2D eigenvalue weighted by Crippen LogP contribution is 2.25. The van der Waals surface area contributed by atoms with Crippen LogP contribution >= 0.6 is 11.6 Å². The Morgan fingerprint density at radius 3 is 2.38 bits per heavy atom. The number of hydrogen-bond donors (Lipinski definition) is 1. The van der Waals surface area contributed by atoms with Gasteiger partial charge in [0.1, 0.15) is 5.75 Å². The molecule has 1 aliphatic rings. The highest BCUT2D eigenvalue weighted by atomic mass is 35.5. The van der Waals surface area contributed by atoms with E-state index in [1.54, 1.807) is 13.2 Å². The average Bonchev–Trinajstić information content (AvgIpc) is 2.81.